The molecule has 0 aromatic heterocycles. The minimum absolute atomic E-state index is 0.0516. The minimum atomic E-state index is -4.17. The van der Waals surface area contributed by atoms with Crippen molar-refractivity contribution in [3.05, 3.63) is 0 Å². The van der Waals surface area contributed by atoms with Gasteiger partial charge in [0.15, 0.2) is 6.04 Å². The van der Waals surface area contributed by atoms with Crippen LogP contribution in [0.5, 0.6) is 0 Å². The fourth-order valence-corrected chi connectivity index (χ4v) is 2.80. The second-order valence-electron chi connectivity index (χ2n) is 4.56. The quantitative estimate of drug-likeness (QED) is 0.693. The van der Waals surface area contributed by atoms with Crippen molar-refractivity contribution in [2.24, 2.45) is 10.8 Å². The van der Waals surface area contributed by atoms with Gasteiger partial charge in [-0.3, -0.25) is 0 Å². The van der Waals surface area contributed by atoms with Crippen molar-refractivity contribution in [1.29, 1.82) is 0 Å². The SMILES string of the molecule is [NH3+][C@H](C(=O)O)C12CC(C(F)(F)F)(C1)C2. The smallest absolute Gasteiger partial charge is 0.394 e. The van der Waals surface area contributed by atoms with Gasteiger partial charge in [-0.25, -0.2) is 4.79 Å². The predicted molar refractivity (Wildman–Crippen MR) is 39.1 cm³/mol. The van der Waals surface area contributed by atoms with Crippen LogP contribution in [0, 0.1) is 10.8 Å². The summed E-state index contributed by atoms with van der Waals surface area (Å²) in [5, 5.41) is 8.65. The number of aliphatic carboxylic acids is 1. The number of rotatable bonds is 2. The third-order valence-electron chi connectivity index (χ3n) is 3.71. The standard InChI is InChI=1S/C8H10F3NO2/c9-8(10,11)7-1-6(2-7,3-7)4(12)5(13)14/h4H,1-3,12H2,(H,13,14)/p+1/t4-,6?,7?/m1/s1. The number of carboxylic acids is 1. The molecule has 3 fully saturated rings. The molecule has 0 heterocycles. The first kappa shape index (κ1) is 9.76. The Morgan fingerprint density at radius 3 is 2.07 bits per heavy atom. The molecular formula is C8H11F3NO2+. The van der Waals surface area contributed by atoms with Crippen molar-refractivity contribution < 1.29 is 28.8 Å². The first-order valence-electron chi connectivity index (χ1n) is 4.35. The Morgan fingerprint density at radius 1 is 1.36 bits per heavy atom. The minimum Gasteiger partial charge on any atom is -0.477 e. The summed E-state index contributed by atoms with van der Waals surface area (Å²) in [4.78, 5) is 10.6. The lowest BCUT2D eigenvalue weighted by Gasteiger charge is -2.70. The molecule has 3 nitrogen and oxygen atoms in total. The van der Waals surface area contributed by atoms with Gasteiger partial charge in [0.05, 0.1) is 5.41 Å². The lowest BCUT2D eigenvalue weighted by Crippen LogP contribution is -2.83. The van der Waals surface area contributed by atoms with Crippen LogP contribution in [-0.4, -0.2) is 23.3 Å². The van der Waals surface area contributed by atoms with E-state index in [0.29, 0.717) is 0 Å². The van der Waals surface area contributed by atoms with Crippen molar-refractivity contribution in [2.75, 3.05) is 0 Å². The van der Waals surface area contributed by atoms with Gasteiger partial charge in [-0.2, -0.15) is 13.2 Å². The van der Waals surface area contributed by atoms with Crippen LogP contribution in [-0.2, 0) is 4.79 Å². The Hall–Kier alpha value is -0.780. The highest BCUT2D eigenvalue weighted by atomic mass is 19.4. The summed E-state index contributed by atoms with van der Waals surface area (Å²) in [6.07, 6.45) is -4.33. The maximum Gasteiger partial charge on any atom is 0.394 e. The normalized spacial score (nSPS) is 42.3. The zero-order valence-electron chi connectivity index (χ0n) is 7.40. The highest BCUT2D eigenvalue weighted by molar-refractivity contribution is 5.73. The summed E-state index contributed by atoms with van der Waals surface area (Å²) in [6, 6.07) is -0.897. The number of quaternary nitrogens is 1. The van der Waals surface area contributed by atoms with Crippen LogP contribution in [0.25, 0.3) is 0 Å². The van der Waals surface area contributed by atoms with Gasteiger partial charge in [0.1, 0.15) is 0 Å². The Labute approximate surface area is 78.1 Å². The van der Waals surface area contributed by atoms with Crippen molar-refractivity contribution in [1.82, 2.24) is 0 Å². The highest BCUT2D eigenvalue weighted by Crippen LogP contribution is 2.79. The largest absolute Gasteiger partial charge is 0.477 e. The molecule has 6 heteroatoms. The third-order valence-corrected chi connectivity index (χ3v) is 3.71. The molecule has 3 aliphatic rings. The molecule has 0 aromatic rings. The summed E-state index contributed by atoms with van der Waals surface area (Å²) >= 11 is 0. The van der Waals surface area contributed by atoms with E-state index in [1.54, 1.807) is 0 Å². The van der Waals surface area contributed by atoms with Crippen LogP contribution in [0.4, 0.5) is 13.2 Å². The van der Waals surface area contributed by atoms with Gasteiger partial charge in [0, 0.05) is 5.41 Å². The number of alkyl halides is 3. The average molecular weight is 210 g/mol. The molecule has 3 rings (SSSR count). The van der Waals surface area contributed by atoms with Crippen LogP contribution >= 0.6 is 0 Å². The number of hydrogen-bond acceptors (Lipinski definition) is 1. The maximum absolute atomic E-state index is 12.4. The zero-order chi connectivity index (χ0) is 10.8. The van der Waals surface area contributed by atoms with E-state index in [4.69, 9.17) is 5.11 Å². The van der Waals surface area contributed by atoms with Crippen LogP contribution in [0.1, 0.15) is 19.3 Å². The molecule has 80 valence electrons. The summed E-state index contributed by atoms with van der Waals surface area (Å²) in [7, 11) is 0. The van der Waals surface area contributed by atoms with E-state index < -0.39 is 29.0 Å². The molecular weight excluding hydrogens is 199 g/mol. The highest BCUT2D eigenvalue weighted by Gasteiger charge is 2.81. The van der Waals surface area contributed by atoms with Crippen LogP contribution in [0.3, 0.4) is 0 Å². The van der Waals surface area contributed by atoms with E-state index >= 15 is 0 Å². The lowest BCUT2D eigenvalue weighted by atomic mass is 9.33. The summed E-state index contributed by atoms with van der Waals surface area (Å²) < 4.78 is 37.2. The van der Waals surface area contributed by atoms with Crippen molar-refractivity contribution >= 4 is 5.97 Å². The van der Waals surface area contributed by atoms with Gasteiger partial charge >= 0.3 is 12.1 Å². The maximum atomic E-state index is 12.4. The molecule has 4 N–H and O–H groups in total. The first-order chi connectivity index (χ1) is 6.23. The molecule has 0 aromatic carbocycles. The molecule has 0 amide bonds. The zero-order valence-corrected chi connectivity index (χ0v) is 7.40. The van der Waals surface area contributed by atoms with Crippen molar-refractivity contribution in [2.45, 2.75) is 31.5 Å². The van der Waals surface area contributed by atoms with Gasteiger partial charge in [-0.05, 0) is 19.3 Å². The topological polar surface area (TPSA) is 64.9 Å². The van der Waals surface area contributed by atoms with Gasteiger partial charge in [-0.15, -0.1) is 0 Å². The second-order valence-corrected chi connectivity index (χ2v) is 4.56. The van der Waals surface area contributed by atoms with Gasteiger partial charge < -0.3 is 10.8 Å². The number of carbonyl (C=O) groups is 1. The molecule has 3 saturated carbocycles. The molecule has 1 atom stereocenters. The Bertz CT molecular complexity index is 280. The number of carboxylic acid groups (broad SMARTS) is 1. The monoisotopic (exact) mass is 210 g/mol. The molecule has 2 bridgehead atoms. The fourth-order valence-electron chi connectivity index (χ4n) is 2.80. The molecule has 3 aliphatic carbocycles. The molecule has 0 unspecified atom stereocenters. The van der Waals surface area contributed by atoms with Crippen molar-refractivity contribution in [3.8, 4) is 0 Å². The van der Waals surface area contributed by atoms with Gasteiger partial charge in [0.25, 0.3) is 0 Å². The summed E-state index contributed by atoms with van der Waals surface area (Å²) in [5.74, 6) is -1.10. The Balaban J connectivity index is 2.04. The van der Waals surface area contributed by atoms with Gasteiger partial charge in [-0.1, -0.05) is 0 Å². The fraction of sp³-hybridized carbons (Fsp3) is 0.875. The van der Waals surface area contributed by atoms with E-state index in [9.17, 15) is 18.0 Å². The molecule has 14 heavy (non-hydrogen) atoms. The number of halogens is 3. The average Bonchev–Trinajstić information content (AvgIpc) is 1.76. The van der Waals surface area contributed by atoms with Crippen molar-refractivity contribution in [3.63, 3.8) is 0 Å². The first-order valence-corrected chi connectivity index (χ1v) is 4.35. The van der Waals surface area contributed by atoms with Crippen LogP contribution in [0.2, 0.25) is 0 Å². The summed E-state index contributed by atoms with van der Waals surface area (Å²) in [6.45, 7) is 0. The van der Waals surface area contributed by atoms with E-state index in [-0.39, 0.29) is 19.3 Å². The molecule has 0 aliphatic heterocycles. The Morgan fingerprint density at radius 2 is 1.79 bits per heavy atom. The van der Waals surface area contributed by atoms with Crippen LogP contribution < -0.4 is 5.73 Å². The Kier molecular flexibility index (Phi) is 1.56. The van der Waals surface area contributed by atoms with E-state index in [1.807, 2.05) is 0 Å². The molecule has 0 spiro atoms. The number of hydrogen-bond donors (Lipinski definition) is 2. The van der Waals surface area contributed by atoms with Gasteiger partial charge in [0.2, 0.25) is 0 Å². The van der Waals surface area contributed by atoms with E-state index in [0.717, 1.165) is 0 Å². The second kappa shape index (κ2) is 2.24. The lowest BCUT2D eigenvalue weighted by molar-refractivity contribution is -0.492. The van der Waals surface area contributed by atoms with E-state index in [2.05, 4.69) is 5.73 Å². The van der Waals surface area contributed by atoms with E-state index in [1.165, 1.54) is 0 Å². The molecule has 0 saturated heterocycles. The van der Waals surface area contributed by atoms with Crippen LogP contribution in [0.15, 0.2) is 0 Å². The summed E-state index contributed by atoms with van der Waals surface area (Å²) in [5.41, 5.74) is 1.18. The third kappa shape index (κ3) is 0.893. The predicted octanol–water partition coefficient (Wildman–Crippen LogP) is 0.414. The molecule has 0 radical (unpaired) electrons.